The molecule has 1 aliphatic heterocycles. The van der Waals surface area contributed by atoms with Crippen LogP contribution >= 0.6 is 11.6 Å². The third-order valence-corrected chi connectivity index (χ3v) is 6.53. The Bertz CT molecular complexity index is 1180. The fourth-order valence-corrected chi connectivity index (χ4v) is 4.71. The highest BCUT2D eigenvalue weighted by Crippen LogP contribution is 2.32. The van der Waals surface area contributed by atoms with E-state index in [0.29, 0.717) is 28.3 Å². The fraction of sp³-hybridized carbons (Fsp3) is 0.444. The number of hydrogen-bond donors (Lipinski definition) is 1. The molecule has 192 valence electrons. The average Bonchev–Trinajstić information content (AvgIpc) is 3.26. The molecule has 0 spiro atoms. The van der Waals surface area contributed by atoms with Crippen LogP contribution in [0.2, 0.25) is 5.02 Å². The lowest BCUT2D eigenvalue weighted by molar-refractivity contribution is 0.0280. The van der Waals surface area contributed by atoms with Crippen molar-refractivity contribution in [1.82, 2.24) is 19.7 Å². The molecule has 0 bridgehead atoms. The van der Waals surface area contributed by atoms with Gasteiger partial charge in [0.05, 0.1) is 18.8 Å². The Morgan fingerprint density at radius 3 is 2.47 bits per heavy atom. The van der Waals surface area contributed by atoms with Gasteiger partial charge in [-0.05, 0) is 63.3 Å². The third-order valence-electron chi connectivity index (χ3n) is 6.30. The van der Waals surface area contributed by atoms with Gasteiger partial charge in [-0.3, -0.25) is 4.57 Å². The number of aliphatic hydroxyl groups excluding tert-OH is 1. The number of piperidine rings is 1. The maximum absolute atomic E-state index is 12.6. The zero-order valence-corrected chi connectivity index (χ0v) is 22.1. The van der Waals surface area contributed by atoms with Crippen molar-refractivity contribution in [3.8, 4) is 5.69 Å². The van der Waals surface area contributed by atoms with Gasteiger partial charge in [-0.15, -0.1) is 10.2 Å². The normalized spacial score (nSPS) is 14.7. The number of rotatable bonds is 6. The lowest BCUT2D eigenvalue weighted by Gasteiger charge is -2.33. The van der Waals surface area contributed by atoms with Crippen molar-refractivity contribution in [2.75, 3.05) is 25.0 Å². The van der Waals surface area contributed by atoms with E-state index < -0.39 is 11.7 Å². The van der Waals surface area contributed by atoms with Crippen LogP contribution in [0.1, 0.15) is 56.5 Å². The molecule has 3 aromatic rings. The van der Waals surface area contributed by atoms with Crippen molar-refractivity contribution in [2.45, 2.75) is 58.3 Å². The smallest absolute Gasteiger partial charge is 0.410 e. The molecule has 1 aliphatic rings. The summed E-state index contributed by atoms with van der Waals surface area (Å²) < 4.78 is 7.44. The van der Waals surface area contributed by atoms with Crippen LogP contribution in [0.3, 0.4) is 0 Å². The molecular formula is C27H34ClN5O3. The monoisotopic (exact) mass is 511 g/mol. The summed E-state index contributed by atoms with van der Waals surface area (Å²) in [6.07, 6.45) is 1.55. The minimum Gasteiger partial charge on any atom is -0.444 e. The van der Waals surface area contributed by atoms with Gasteiger partial charge in [-0.25, -0.2) is 4.79 Å². The summed E-state index contributed by atoms with van der Waals surface area (Å²) in [7, 11) is 1.67. The number of hydrogen-bond acceptors (Lipinski definition) is 6. The summed E-state index contributed by atoms with van der Waals surface area (Å²) in [5, 5.41) is 19.6. The lowest BCUT2D eigenvalue weighted by Crippen LogP contribution is -2.36. The molecule has 2 aromatic carbocycles. The van der Waals surface area contributed by atoms with Crippen LogP contribution in [0.5, 0.6) is 0 Å². The van der Waals surface area contributed by atoms with E-state index >= 15 is 0 Å². The van der Waals surface area contributed by atoms with Crippen LogP contribution in [0.15, 0.2) is 48.5 Å². The standard InChI is InChI=1S/C27H34ClN5O3/c1-27(2,3)36-26(35)31(4)17-24-29-30-25(33(24)23-11-10-22(28)16-21(23)18-34)32-14-12-20(13-15-32)19-8-6-5-7-9-19/h5-11,16,20,34H,12-15,17-18H2,1-4H3. The Morgan fingerprint density at radius 1 is 1.14 bits per heavy atom. The highest BCUT2D eigenvalue weighted by atomic mass is 35.5. The number of carbonyl (C=O) groups is 1. The number of carbonyl (C=O) groups excluding carboxylic acids is 1. The molecule has 0 radical (unpaired) electrons. The molecule has 1 aromatic heterocycles. The zero-order valence-electron chi connectivity index (χ0n) is 21.3. The average molecular weight is 512 g/mol. The van der Waals surface area contributed by atoms with Crippen LogP contribution in [-0.2, 0) is 17.9 Å². The molecule has 36 heavy (non-hydrogen) atoms. The van der Waals surface area contributed by atoms with Gasteiger partial charge in [0.1, 0.15) is 5.60 Å². The first kappa shape index (κ1) is 26.0. The van der Waals surface area contributed by atoms with Gasteiger partial charge < -0.3 is 19.6 Å². The largest absolute Gasteiger partial charge is 0.444 e. The van der Waals surface area contributed by atoms with Gasteiger partial charge in [0.25, 0.3) is 0 Å². The van der Waals surface area contributed by atoms with Crippen LogP contribution in [0, 0.1) is 0 Å². The topological polar surface area (TPSA) is 83.7 Å². The SMILES string of the molecule is CN(Cc1nnc(N2CCC(c3ccccc3)CC2)n1-c1ccc(Cl)cc1CO)C(=O)OC(C)(C)C. The van der Waals surface area contributed by atoms with Gasteiger partial charge in [-0.2, -0.15) is 0 Å². The molecule has 1 saturated heterocycles. The maximum atomic E-state index is 12.6. The van der Waals surface area contributed by atoms with E-state index in [1.165, 1.54) is 10.5 Å². The third kappa shape index (κ3) is 5.99. The second-order valence-corrected chi connectivity index (χ2v) is 10.6. The summed E-state index contributed by atoms with van der Waals surface area (Å²) in [4.78, 5) is 16.3. The Balaban J connectivity index is 1.64. The highest BCUT2D eigenvalue weighted by Gasteiger charge is 2.28. The van der Waals surface area contributed by atoms with E-state index in [1.54, 1.807) is 19.2 Å². The quantitative estimate of drug-likeness (QED) is 0.492. The van der Waals surface area contributed by atoms with Crippen LogP contribution in [0.25, 0.3) is 5.69 Å². The number of halogens is 1. The van der Waals surface area contributed by atoms with Crippen LogP contribution < -0.4 is 4.90 Å². The first-order chi connectivity index (χ1) is 17.2. The van der Waals surface area contributed by atoms with Crippen molar-refractivity contribution < 1.29 is 14.6 Å². The summed E-state index contributed by atoms with van der Waals surface area (Å²) in [6, 6.07) is 16.0. The molecule has 0 atom stereocenters. The summed E-state index contributed by atoms with van der Waals surface area (Å²) >= 11 is 6.22. The maximum Gasteiger partial charge on any atom is 0.410 e. The number of aliphatic hydroxyl groups is 1. The Kier molecular flexibility index (Phi) is 7.85. The Hall–Kier alpha value is -3.10. The van der Waals surface area contributed by atoms with Crippen LogP contribution in [-0.4, -0.2) is 56.6 Å². The molecule has 8 nitrogen and oxygen atoms in total. The van der Waals surface area contributed by atoms with Crippen LogP contribution in [0.4, 0.5) is 10.7 Å². The molecule has 1 fully saturated rings. The second-order valence-electron chi connectivity index (χ2n) is 10.2. The van der Waals surface area contributed by atoms with Crippen molar-refractivity contribution >= 4 is 23.6 Å². The zero-order chi connectivity index (χ0) is 25.9. The van der Waals surface area contributed by atoms with E-state index in [0.717, 1.165) is 31.6 Å². The van der Waals surface area contributed by atoms with E-state index in [4.69, 9.17) is 16.3 Å². The van der Waals surface area contributed by atoms with Crippen molar-refractivity contribution in [3.63, 3.8) is 0 Å². The molecule has 1 N–H and O–H groups in total. The predicted molar refractivity (Wildman–Crippen MR) is 141 cm³/mol. The lowest BCUT2D eigenvalue weighted by atomic mass is 9.90. The van der Waals surface area contributed by atoms with E-state index in [-0.39, 0.29) is 13.2 Å². The van der Waals surface area contributed by atoms with Crippen molar-refractivity contribution in [3.05, 3.63) is 70.5 Å². The molecular weight excluding hydrogens is 478 g/mol. The number of benzene rings is 2. The molecule has 4 rings (SSSR count). The minimum atomic E-state index is -0.604. The molecule has 9 heteroatoms. The van der Waals surface area contributed by atoms with Gasteiger partial charge in [0.2, 0.25) is 5.95 Å². The first-order valence-corrected chi connectivity index (χ1v) is 12.6. The second kappa shape index (κ2) is 10.9. The predicted octanol–water partition coefficient (Wildman–Crippen LogP) is 5.16. The molecule has 1 amide bonds. The van der Waals surface area contributed by atoms with E-state index in [1.807, 2.05) is 37.5 Å². The van der Waals surface area contributed by atoms with Gasteiger partial charge >= 0.3 is 6.09 Å². The van der Waals surface area contributed by atoms with Gasteiger partial charge in [0, 0.05) is 30.7 Å². The Labute approximate surface area is 217 Å². The number of nitrogens with zero attached hydrogens (tertiary/aromatic N) is 5. The van der Waals surface area contributed by atoms with Crippen molar-refractivity contribution in [1.29, 1.82) is 0 Å². The molecule has 2 heterocycles. The number of anilines is 1. The number of aromatic nitrogens is 3. The number of amides is 1. The summed E-state index contributed by atoms with van der Waals surface area (Å²) in [6.45, 7) is 7.14. The van der Waals surface area contributed by atoms with Crippen molar-refractivity contribution in [2.24, 2.45) is 0 Å². The fourth-order valence-electron chi connectivity index (χ4n) is 4.51. The number of ether oxygens (including phenoxy) is 1. The summed E-state index contributed by atoms with van der Waals surface area (Å²) in [5.74, 6) is 1.76. The van der Waals surface area contributed by atoms with Gasteiger partial charge in [0.15, 0.2) is 5.82 Å². The summed E-state index contributed by atoms with van der Waals surface area (Å²) in [5.41, 5.74) is 2.15. The van der Waals surface area contributed by atoms with Gasteiger partial charge in [-0.1, -0.05) is 41.9 Å². The van der Waals surface area contributed by atoms with E-state index in [2.05, 4.69) is 39.4 Å². The molecule has 0 aliphatic carbocycles. The van der Waals surface area contributed by atoms with E-state index in [9.17, 15) is 9.90 Å². The Morgan fingerprint density at radius 2 is 1.83 bits per heavy atom. The first-order valence-electron chi connectivity index (χ1n) is 12.2. The highest BCUT2D eigenvalue weighted by molar-refractivity contribution is 6.30. The minimum absolute atomic E-state index is 0.190. The molecule has 0 unspecified atom stereocenters. The molecule has 0 saturated carbocycles.